The predicted molar refractivity (Wildman–Crippen MR) is 139 cm³/mol. The highest BCUT2D eigenvalue weighted by molar-refractivity contribution is 5.79. The van der Waals surface area contributed by atoms with E-state index in [0.717, 1.165) is 39.3 Å². The van der Waals surface area contributed by atoms with Gasteiger partial charge in [-0.25, -0.2) is 9.78 Å². The number of pyridine rings is 1. The molecule has 0 saturated carbocycles. The van der Waals surface area contributed by atoms with Crippen LogP contribution in [-0.4, -0.2) is 44.4 Å². The van der Waals surface area contributed by atoms with Gasteiger partial charge in [-0.15, -0.1) is 10.2 Å². The molecule has 0 aliphatic heterocycles. The Labute approximate surface area is 210 Å². The zero-order valence-corrected chi connectivity index (χ0v) is 20.8. The fourth-order valence-corrected chi connectivity index (χ4v) is 4.13. The van der Waals surface area contributed by atoms with E-state index in [2.05, 4.69) is 42.9 Å². The number of carboxylic acids is 1. The summed E-state index contributed by atoms with van der Waals surface area (Å²) in [5.41, 5.74) is 5.87. The van der Waals surface area contributed by atoms with Crippen LogP contribution in [0.15, 0.2) is 54.7 Å². The predicted octanol–water partition coefficient (Wildman–Crippen LogP) is 4.52. The lowest BCUT2D eigenvalue weighted by molar-refractivity contribution is -0.137. The topological polar surface area (TPSA) is 125 Å². The second-order valence-electron chi connectivity index (χ2n) is 8.76. The number of aliphatic carboxylic acids is 1. The fourth-order valence-electron chi connectivity index (χ4n) is 4.13. The van der Waals surface area contributed by atoms with Crippen LogP contribution in [0.5, 0.6) is 5.75 Å². The Bertz CT molecular complexity index is 1330. The zero-order valence-electron chi connectivity index (χ0n) is 20.8. The van der Waals surface area contributed by atoms with E-state index in [1.807, 2.05) is 45.0 Å². The molecule has 9 nitrogen and oxygen atoms in total. The number of carbonyl (C=O) groups is 1. The monoisotopic (exact) mass is 486 g/mol. The van der Waals surface area contributed by atoms with Crippen LogP contribution >= 0.6 is 0 Å². The average Bonchev–Trinajstić information content (AvgIpc) is 3.33. The normalized spacial score (nSPS) is 11.7. The highest BCUT2D eigenvalue weighted by Crippen LogP contribution is 2.24. The van der Waals surface area contributed by atoms with Gasteiger partial charge in [-0.05, 0) is 43.5 Å². The Balaban J connectivity index is 1.40. The molecular weight excluding hydrogens is 456 g/mol. The number of aromatic amines is 1. The van der Waals surface area contributed by atoms with Crippen LogP contribution in [0.2, 0.25) is 0 Å². The zero-order chi connectivity index (χ0) is 25.7. The largest absolute Gasteiger partial charge is 0.497 e. The van der Waals surface area contributed by atoms with Crippen molar-refractivity contribution >= 4 is 17.5 Å². The van der Waals surface area contributed by atoms with E-state index in [-0.39, 0.29) is 0 Å². The van der Waals surface area contributed by atoms with Crippen molar-refractivity contribution in [2.75, 3.05) is 17.7 Å². The Morgan fingerprint density at radius 1 is 1.06 bits per heavy atom. The van der Waals surface area contributed by atoms with Crippen LogP contribution < -0.4 is 15.4 Å². The third-order valence-corrected chi connectivity index (χ3v) is 5.90. The SMILES string of the molecule is COc1ccnc(NCc2nnc(-c3ccc(CC(Nc4c(C)cc(C)cc4C)C(=O)O)cc3)[nH]2)c1. The van der Waals surface area contributed by atoms with Crippen molar-refractivity contribution in [3.8, 4) is 17.1 Å². The summed E-state index contributed by atoms with van der Waals surface area (Å²) in [6, 6.07) is 14.6. The van der Waals surface area contributed by atoms with Gasteiger partial charge in [0.25, 0.3) is 0 Å². The van der Waals surface area contributed by atoms with Crippen LogP contribution in [0, 0.1) is 20.8 Å². The summed E-state index contributed by atoms with van der Waals surface area (Å²) < 4.78 is 5.21. The van der Waals surface area contributed by atoms with Crippen molar-refractivity contribution in [3.63, 3.8) is 0 Å². The van der Waals surface area contributed by atoms with Gasteiger partial charge >= 0.3 is 5.97 Å². The van der Waals surface area contributed by atoms with Gasteiger partial charge in [-0.1, -0.05) is 42.0 Å². The lowest BCUT2D eigenvalue weighted by atomic mass is 10.0. The number of ether oxygens (including phenoxy) is 1. The fraction of sp³-hybridized carbons (Fsp3) is 0.259. The van der Waals surface area contributed by atoms with Crippen LogP contribution in [0.4, 0.5) is 11.5 Å². The number of methoxy groups -OCH3 is 1. The summed E-state index contributed by atoms with van der Waals surface area (Å²) in [5, 5.41) is 24.7. The molecule has 0 radical (unpaired) electrons. The van der Waals surface area contributed by atoms with E-state index < -0.39 is 12.0 Å². The van der Waals surface area contributed by atoms with Gasteiger partial charge in [0.2, 0.25) is 0 Å². The number of nitrogens with zero attached hydrogens (tertiary/aromatic N) is 3. The van der Waals surface area contributed by atoms with E-state index in [1.165, 1.54) is 0 Å². The molecule has 36 heavy (non-hydrogen) atoms. The summed E-state index contributed by atoms with van der Waals surface area (Å²) in [5.74, 6) is 1.80. The van der Waals surface area contributed by atoms with Crippen molar-refractivity contribution < 1.29 is 14.6 Å². The standard InChI is InChI=1S/C27H30N6O3/c1-16-11-17(2)25(18(3)12-16)30-22(27(34)35)13-19-5-7-20(8-6-19)26-31-24(32-33-26)15-29-23-14-21(36-4)9-10-28-23/h5-12,14,22,30H,13,15H2,1-4H3,(H,28,29)(H,34,35)(H,31,32,33). The molecular formula is C27H30N6O3. The molecule has 4 N–H and O–H groups in total. The van der Waals surface area contributed by atoms with Crippen LogP contribution in [0.1, 0.15) is 28.1 Å². The van der Waals surface area contributed by atoms with Crippen LogP contribution in [0.25, 0.3) is 11.4 Å². The molecule has 0 bridgehead atoms. The van der Waals surface area contributed by atoms with Crippen molar-refractivity contribution in [2.45, 2.75) is 39.8 Å². The number of H-pyrrole nitrogens is 1. The highest BCUT2D eigenvalue weighted by Gasteiger charge is 2.20. The molecule has 1 unspecified atom stereocenters. The van der Waals surface area contributed by atoms with Gasteiger partial charge in [-0.3, -0.25) is 0 Å². The maximum Gasteiger partial charge on any atom is 0.326 e. The molecule has 186 valence electrons. The molecule has 4 rings (SSSR count). The summed E-state index contributed by atoms with van der Waals surface area (Å²) >= 11 is 0. The summed E-state index contributed by atoms with van der Waals surface area (Å²) in [7, 11) is 1.61. The first-order valence-corrected chi connectivity index (χ1v) is 11.6. The molecule has 0 fully saturated rings. The van der Waals surface area contributed by atoms with Gasteiger partial charge in [0.15, 0.2) is 5.82 Å². The minimum absolute atomic E-state index is 0.349. The lowest BCUT2D eigenvalue weighted by Gasteiger charge is -2.20. The molecule has 2 aromatic carbocycles. The third kappa shape index (κ3) is 5.99. The Morgan fingerprint density at radius 3 is 2.44 bits per heavy atom. The smallest absolute Gasteiger partial charge is 0.326 e. The van der Waals surface area contributed by atoms with Gasteiger partial charge in [0, 0.05) is 29.9 Å². The highest BCUT2D eigenvalue weighted by atomic mass is 16.5. The van der Waals surface area contributed by atoms with E-state index >= 15 is 0 Å². The number of aromatic nitrogens is 4. The molecule has 0 aliphatic carbocycles. The van der Waals surface area contributed by atoms with E-state index in [9.17, 15) is 9.90 Å². The molecule has 0 spiro atoms. The second-order valence-corrected chi connectivity index (χ2v) is 8.76. The molecule has 0 saturated heterocycles. The molecule has 2 aromatic heterocycles. The van der Waals surface area contributed by atoms with Gasteiger partial charge in [-0.2, -0.15) is 0 Å². The summed E-state index contributed by atoms with van der Waals surface area (Å²) in [4.78, 5) is 19.4. The second kappa shape index (κ2) is 10.9. The first kappa shape index (κ1) is 24.7. The molecule has 0 aliphatic rings. The van der Waals surface area contributed by atoms with E-state index in [1.54, 1.807) is 25.4 Å². The van der Waals surface area contributed by atoms with Gasteiger partial charge < -0.3 is 25.5 Å². The number of rotatable bonds is 10. The Kier molecular flexibility index (Phi) is 7.48. The number of hydrogen-bond acceptors (Lipinski definition) is 7. The van der Waals surface area contributed by atoms with Gasteiger partial charge in [0.05, 0.1) is 13.7 Å². The van der Waals surface area contributed by atoms with Crippen molar-refractivity contribution in [1.82, 2.24) is 20.2 Å². The minimum atomic E-state index is -0.892. The van der Waals surface area contributed by atoms with Crippen molar-refractivity contribution in [1.29, 1.82) is 0 Å². The van der Waals surface area contributed by atoms with Gasteiger partial charge in [0.1, 0.15) is 23.4 Å². The number of carboxylic acid groups (broad SMARTS) is 1. The van der Waals surface area contributed by atoms with Crippen LogP contribution in [0.3, 0.4) is 0 Å². The van der Waals surface area contributed by atoms with E-state index in [4.69, 9.17) is 4.74 Å². The van der Waals surface area contributed by atoms with Crippen molar-refractivity contribution in [2.24, 2.45) is 0 Å². The third-order valence-electron chi connectivity index (χ3n) is 5.90. The van der Waals surface area contributed by atoms with Crippen molar-refractivity contribution in [3.05, 3.63) is 82.8 Å². The molecule has 2 heterocycles. The molecule has 1 atom stereocenters. The Hall–Kier alpha value is -4.40. The molecule has 4 aromatic rings. The number of nitrogens with one attached hydrogen (secondary N) is 3. The maximum absolute atomic E-state index is 12.0. The number of aryl methyl sites for hydroxylation is 3. The maximum atomic E-state index is 12.0. The first-order chi connectivity index (χ1) is 17.3. The van der Waals surface area contributed by atoms with E-state index in [0.29, 0.717) is 30.4 Å². The average molecular weight is 487 g/mol. The quantitative estimate of drug-likeness (QED) is 0.258. The van der Waals surface area contributed by atoms with Crippen LogP contribution in [-0.2, 0) is 17.8 Å². The number of hydrogen-bond donors (Lipinski definition) is 4. The first-order valence-electron chi connectivity index (χ1n) is 11.6. The molecule has 0 amide bonds. The summed E-state index contributed by atoms with van der Waals surface area (Å²) in [6.45, 7) is 6.44. The minimum Gasteiger partial charge on any atom is -0.497 e. The molecule has 9 heteroatoms. The summed E-state index contributed by atoms with van der Waals surface area (Å²) in [6.07, 6.45) is 2.02. The Morgan fingerprint density at radius 2 is 1.78 bits per heavy atom. The number of anilines is 2. The lowest BCUT2D eigenvalue weighted by Crippen LogP contribution is -2.32. The number of benzene rings is 2.